The zero-order valence-electron chi connectivity index (χ0n) is 10.7. The van der Waals surface area contributed by atoms with E-state index in [0.29, 0.717) is 6.61 Å². The number of hydrogen-bond donors (Lipinski definition) is 1. The van der Waals surface area contributed by atoms with Crippen molar-refractivity contribution in [2.75, 3.05) is 13.2 Å². The van der Waals surface area contributed by atoms with Gasteiger partial charge in [0.05, 0.1) is 13.2 Å². The number of rotatable bonds is 9. The molecule has 0 heterocycles. The smallest absolute Gasteiger partial charge is 0.0717 e. The monoisotopic (exact) mass is 233 g/mol. The molecule has 17 heavy (non-hydrogen) atoms. The van der Waals surface area contributed by atoms with Gasteiger partial charge in [0.2, 0.25) is 0 Å². The van der Waals surface area contributed by atoms with Crippen LogP contribution < -0.4 is 5.32 Å². The summed E-state index contributed by atoms with van der Waals surface area (Å²) in [6.07, 6.45) is 3.97. The van der Waals surface area contributed by atoms with E-state index in [0.717, 1.165) is 26.1 Å². The molecule has 0 spiro atoms. The van der Waals surface area contributed by atoms with Gasteiger partial charge in [0, 0.05) is 6.54 Å². The van der Waals surface area contributed by atoms with E-state index in [1.165, 1.54) is 17.5 Å². The van der Waals surface area contributed by atoms with Crippen molar-refractivity contribution in [3.05, 3.63) is 48.0 Å². The molecule has 0 aliphatic heterocycles. The van der Waals surface area contributed by atoms with Crippen molar-refractivity contribution in [2.45, 2.75) is 32.9 Å². The molecule has 0 saturated heterocycles. The van der Waals surface area contributed by atoms with Gasteiger partial charge in [-0.05, 0) is 30.5 Å². The molecule has 1 N–H and O–H groups in total. The Kier molecular flexibility index (Phi) is 7.35. The first-order valence-electron chi connectivity index (χ1n) is 6.34. The molecule has 1 rings (SSSR count). The van der Waals surface area contributed by atoms with Crippen LogP contribution in [0.3, 0.4) is 0 Å². The van der Waals surface area contributed by atoms with Gasteiger partial charge in [0.25, 0.3) is 0 Å². The Bertz CT molecular complexity index is 305. The highest BCUT2D eigenvalue weighted by Crippen LogP contribution is 2.06. The minimum absolute atomic E-state index is 0.691. The summed E-state index contributed by atoms with van der Waals surface area (Å²) in [6.45, 7) is 9.31. The summed E-state index contributed by atoms with van der Waals surface area (Å²) in [6, 6.07) is 8.59. The number of benzene rings is 1. The van der Waals surface area contributed by atoms with E-state index < -0.39 is 0 Å². The topological polar surface area (TPSA) is 21.3 Å². The van der Waals surface area contributed by atoms with Crippen molar-refractivity contribution in [3.8, 4) is 0 Å². The van der Waals surface area contributed by atoms with Gasteiger partial charge < -0.3 is 10.1 Å². The van der Waals surface area contributed by atoms with Gasteiger partial charge in [0.1, 0.15) is 0 Å². The molecule has 0 aromatic heterocycles. The summed E-state index contributed by atoms with van der Waals surface area (Å²) in [5.74, 6) is 0. The van der Waals surface area contributed by atoms with E-state index in [-0.39, 0.29) is 0 Å². The fourth-order valence-corrected chi connectivity index (χ4v) is 1.52. The summed E-state index contributed by atoms with van der Waals surface area (Å²) in [5, 5.41) is 3.39. The third-order valence-corrected chi connectivity index (χ3v) is 2.51. The predicted molar refractivity (Wildman–Crippen MR) is 72.9 cm³/mol. The zero-order valence-corrected chi connectivity index (χ0v) is 10.7. The SMILES string of the molecule is C=CCCOCc1ccc(CNCCC)cc1. The summed E-state index contributed by atoms with van der Waals surface area (Å²) in [7, 11) is 0. The third-order valence-electron chi connectivity index (χ3n) is 2.51. The normalized spacial score (nSPS) is 10.4. The van der Waals surface area contributed by atoms with Crippen LogP contribution in [0.1, 0.15) is 30.9 Å². The average Bonchev–Trinajstić information content (AvgIpc) is 2.37. The van der Waals surface area contributed by atoms with Gasteiger partial charge in [-0.15, -0.1) is 6.58 Å². The minimum Gasteiger partial charge on any atom is -0.376 e. The second-order valence-electron chi connectivity index (χ2n) is 4.12. The van der Waals surface area contributed by atoms with Crippen molar-refractivity contribution in [1.82, 2.24) is 5.32 Å². The third kappa shape index (κ3) is 6.25. The summed E-state index contributed by atoms with van der Waals surface area (Å²) < 4.78 is 5.51. The lowest BCUT2D eigenvalue weighted by atomic mass is 10.1. The van der Waals surface area contributed by atoms with Crippen LogP contribution in [0.4, 0.5) is 0 Å². The molecule has 0 bridgehead atoms. The molecule has 0 saturated carbocycles. The summed E-state index contributed by atoms with van der Waals surface area (Å²) >= 11 is 0. The molecular formula is C15H23NO. The molecule has 2 heteroatoms. The van der Waals surface area contributed by atoms with Gasteiger partial charge in [-0.3, -0.25) is 0 Å². The van der Waals surface area contributed by atoms with Crippen molar-refractivity contribution < 1.29 is 4.74 Å². The minimum atomic E-state index is 0.691. The summed E-state index contributed by atoms with van der Waals surface area (Å²) in [5.41, 5.74) is 2.56. The van der Waals surface area contributed by atoms with Crippen LogP contribution in [-0.2, 0) is 17.9 Å². The molecule has 0 radical (unpaired) electrons. The molecule has 1 aromatic carbocycles. The van der Waals surface area contributed by atoms with E-state index in [4.69, 9.17) is 4.74 Å². The molecule has 1 aromatic rings. The van der Waals surface area contributed by atoms with Gasteiger partial charge >= 0.3 is 0 Å². The zero-order chi connectivity index (χ0) is 12.3. The van der Waals surface area contributed by atoms with Crippen molar-refractivity contribution in [1.29, 1.82) is 0 Å². The van der Waals surface area contributed by atoms with E-state index in [2.05, 4.69) is 43.1 Å². The lowest BCUT2D eigenvalue weighted by molar-refractivity contribution is 0.125. The quantitative estimate of drug-likeness (QED) is 0.522. The molecule has 0 aliphatic rings. The highest BCUT2D eigenvalue weighted by Gasteiger charge is 1.95. The first-order chi connectivity index (χ1) is 8.36. The largest absolute Gasteiger partial charge is 0.376 e. The fraction of sp³-hybridized carbons (Fsp3) is 0.467. The highest BCUT2D eigenvalue weighted by atomic mass is 16.5. The fourth-order valence-electron chi connectivity index (χ4n) is 1.52. The number of hydrogen-bond acceptors (Lipinski definition) is 2. The molecule has 94 valence electrons. The van der Waals surface area contributed by atoms with Crippen LogP contribution in [-0.4, -0.2) is 13.2 Å². The van der Waals surface area contributed by atoms with E-state index >= 15 is 0 Å². The molecule has 0 aliphatic carbocycles. The Morgan fingerprint density at radius 1 is 1.24 bits per heavy atom. The molecule has 0 amide bonds. The Balaban J connectivity index is 2.26. The Morgan fingerprint density at radius 2 is 1.94 bits per heavy atom. The van der Waals surface area contributed by atoms with Crippen LogP contribution in [0.2, 0.25) is 0 Å². The standard InChI is InChI=1S/C15H23NO/c1-3-5-11-17-13-15-8-6-14(7-9-15)12-16-10-4-2/h3,6-9,16H,1,4-5,10-13H2,2H3. The molecule has 0 fully saturated rings. The highest BCUT2D eigenvalue weighted by molar-refractivity contribution is 5.21. The summed E-state index contributed by atoms with van der Waals surface area (Å²) in [4.78, 5) is 0. The lowest BCUT2D eigenvalue weighted by Crippen LogP contribution is -2.13. The lowest BCUT2D eigenvalue weighted by Gasteiger charge is -2.06. The van der Waals surface area contributed by atoms with Crippen LogP contribution >= 0.6 is 0 Å². The molecule has 2 nitrogen and oxygen atoms in total. The van der Waals surface area contributed by atoms with Crippen LogP contribution in [0.5, 0.6) is 0 Å². The Morgan fingerprint density at radius 3 is 2.59 bits per heavy atom. The Labute approximate surface area is 105 Å². The van der Waals surface area contributed by atoms with Crippen LogP contribution in [0.15, 0.2) is 36.9 Å². The van der Waals surface area contributed by atoms with Crippen molar-refractivity contribution in [3.63, 3.8) is 0 Å². The van der Waals surface area contributed by atoms with E-state index in [9.17, 15) is 0 Å². The second-order valence-corrected chi connectivity index (χ2v) is 4.12. The molecular weight excluding hydrogens is 210 g/mol. The maximum atomic E-state index is 5.51. The number of nitrogens with one attached hydrogen (secondary N) is 1. The van der Waals surface area contributed by atoms with E-state index in [1.54, 1.807) is 0 Å². The van der Waals surface area contributed by atoms with Crippen molar-refractivity contribution in [2.24, 2.45) is 0 Å². The van der Waals surface area contributed by atoms with Crippen molar-refractivity contribution >= 4 is 0 Å². The first kappa shape index (κ1) is 13.9. The van der Waals surface area contributed by atoms with Gasteiger partial charge in [-0.2, -0.15) is 0 Å². The van der Waals surface area contributed by atoms with Crippen LogP contribution in [0, 0.1) is 0 Å². The first-order valence-corrected chi connectivity index (χ1v) is 6.34. The van der Waals surface area contributed by atoms with Crippen LogP contribution in [0.25, 0.3) is 0 Å². The van der Waals surface area contributed by atoms with E-state index in [1.807, 2.05) is 6.08 Å². The average molecular weight is 233 g/mol. The maximum absolute atomic E-state index is 5.51. The van der Waals surface area contributed by atoms with Gasteiger partial charge in [-0.25, -0.2) is 0 Å². The second kappa shape index (κ2) is 8.97. The predicted octanol–water partition coefficient (Wildman–Crippen LogP) is 3.28. The molecule has 0 atom stereocenters. The Hall–Kier alpha value is -1.12. The van der Waals surface area contributed by atoms with Gasteiger partial charge in [-0.1, -0.05) is 37.3 Å². The molecule has 0 unspecified atom stereocenters. The van der Waals surface area contributed by atoms with Gasteiger partial charge in [0.15, 0.2) is 0 Å². The maximum Gasteiger partial charge on any atom is 0.0717 e. The number of ether oxygens (including phenoxy) is 1.